The predicted octanol–water partition coefficient (Wildman–Crippen LogP) is 1.79. The molecule has 39 heavy (non-hydrogen) atoms. The van der Waals surface area contributed by atoms with Crippen LogP contribution in [0, 0.1) is 35.5 Å². The van der Waals surface area contributed by atoms with Crippen LogP contribution in [-0.2, 0) is 9.59 Å². The number of carbonyl (C=O) groups is 3. The van der Waals surface area contributed by atoms with Gasteiger partial charge in [0.05, 0.1) is 12.6 Å². The number of hydrogen-bond donors (Lipinski definition) is 6. The number of hydrogen-bond acceptors (Lipinski definition) is 6. The number of rotatable bonds is 8. The molecule has 0 heterocycles. The number of carbonyl (C=O) groups excluding carboxylic acids is 3. The highest BCUT2D eigenvalue weighted by Crippen LogP contribution is 2.44. The van der Waals surface area contributed by atoms with Crippen LogP contribution in [0.3, 0.4) is 0 Å². The summed E-state index contributed by atoms with van der Waals surface area (Å²) in [5.41, 5.74) is 3.79. The molecular formula is C30H32N4O5. The van der Waals surface area contributed by atoms with Crippen molar-refractivity contribution in [3.05, 3.63) is 65.2 Å². The minimum absolute atomic E-state index is 0.0515. The number of nitrogens with one attached hydrogen (secondary N) is 4. The highest BCUT2D eigenvalue weighted by atomic mass is 16.5. The summed E-state index contributed by atoms with van der Waals surface area (Å²) in [7, 11) is 0. The molecule has 9 heteroatoms. The van der Waals surface area contributed by atoms with Gasteiger partial charge in [0.25, 0.3) is 11.8 Å². The van der Waals surface area contributed by atoms with Crippen LogP contribution >= 0.6 is 0 Å². The molecule has 0 spiro atoms. The number of hydroxylamine groups is 1. The van der Waals surface area contributed by atoms with Crippen LogP contribution in [0.15, 0.2) is 48.5 Å². The van der Waals surface area contributed by atoms with Gasteiger partial charge >= 0.3 is 0 Å². The van der Waals surface area contributed by atoms with Gasteiger partial charge in [-0.2, -0.15) is 0 Å². The standard InChI is InChI=1S/C30H32N4O5/c1-19(35)28(30(38)34-39)33-29(37)23-11-6-20(7-12-23)4-2-3-5-21-9-14-25(15-10-21)32-27(36)18-31-26-17-22-8-13-24(26)16-22/h6-7,9-12,14-15,19,22,24,26,28,31,35,39H,8,13,16-18H2,1H3,(H,32,36)(H,33,37)(H,34,38)/t19-,22+,24-,26-,28+/m1/s1. The number of fused-ring (bicyclic) bond motifs is 2. The Morgan fingerprint density at radius 2 is 1.59 bits per heavy atom. The van der Waals surface area contributed by atoms with E-state index in [4.69, 9.17) is 5.21 Å². The second-order valence-corrected chi connectivity index (χ2v) is 10.0. The first-order valence-electron chi connectivity index (χ1n) is 13.0. The number of benzene rings is 2. The number of amides is 3. The zero-order valence-electron chi connectivity index (χ0n) is 21.7. The highest BCUT2D eigenvalue weighted by Gasteiger charge is 2.39. The Morgan fingerprint density at radius 3 is 2.13 bits per heavy atom. The fourth-order valence-corrected chi connectivity index (χ4v) is 5.17. The zero-order valence-corrected chi connectivity index (χ0v) is 21.7. The summed E-state index contributed by atoms with van der Waals surface area (Å²) in [5, 5.41) is 27.1. The van der Waals surface area contributed by atoms with Crippen molar-refractivity contribution in [1.29, 1.82) is 0 Å². The van der Waals surface area contributed by atoms with Crippen LogP contribution in [0.1, 0.15) is 54.1 Å². The molecule has 3 amide bonds. The Morgan fingerprint density at radius 1 is 0.949 bits per heavy atom. The molecule has 0 aliphatic heterocycles. The monoisotopic (exact) mass is 528 g/mol. The van der Waals surface area contributed by atoms with Crippen molar-refractivity contribution in [2.24, 2.45) is 11.8 Å². The van der Waals surface area contributed by atoms with Gasteiger partial charge < -0.3 is 21.1 Å². The Kier molecular flexibility index (Phi) is 9.35. The van der Waals surface area contributed by atoms with E-state index in [-0.39, 0.29) is 11.5 Å². The Hall–Kier alpha value is -4.15. The Balaban J connectivity index is 1.24. The van der Waals surface area contributed by atoms with Gasteiger partial charge in [0.15, 0.2) is 0 Å². The summed E-state index contributed by atoms with van der Waals surface area (Å²) >= 11 is 0. The van der Waals surface area contributed by atoms with Crippen molar-refractivity contribution in [3.63, 3.8) is 0 Å². The molecule has 0 aromatic heterocycles. The van der Waals surface area contributed by atoms with Crippen LogP contribution in [-0.4, -0.2) is 52.8 Å². The number of aliphatic hydroxyl groups is 1. The van der Waals surface area contributed by atoms with Gasteiger partial charge in [-0.1, -0.05) is 18.3 Å². The third-order valence-electron chi connectivity index (χ3n) is 7.22. The maximum Gasteiger partial charge on any atom is 0.268 e. The second kappa shape index (κ2) is 13.1. The van der Waals surface area contributed by atoms with Gasteiger partial charge in [-0.05, 0) is 98.4 Å². The van der Waals surface area contributed by atoms with Crippen molar-refractivity contribution in [2.45, 2.75) is 50.8 Å². The molecular weight excluding hydrogens is 496 g/mol. The average Bonchev–Trinajstić information content (AvgIpc) is 3.57. The zero-order chi connectivity index (χ0) is 27.8. The third kappa shape index (κ3) is 7.68. The summed E-state index contributed by atoms with van der Waals surface area (Å²) in [4.78, 5) is 36.2. The quantitative estimate of drug-likeness (QED) is 0.175. The first kappa shape index (κ1) is 27.9. The van der Waals surface area contributed by atoms with E-state index in [1.165, 1.54) is 50.2 Å². The molecule has 9 nitrogen and oxygen atoms in total. The molecule has 5 atom stereocenters. The van der Waals surface area contributed by atoms with E-state index >= 15 is 0 Å². The summed E-state index contributed by atoms with van der Waals surface area (Å²) < 4.78 is 0. The Bertz CT molecular complexity index is 1320. The average molecular weight is 529 g/mol. The SMILES string of the molecule is C[C@@H](O)[C@H](NC(=O)c1ccc(C#CC#Cc2ccc(NC(=O)CN[C@@H]3C[C@H]4CC[C@@H]3C4)cc2)cc1)C(=O)NO. The van der Waals surface area contributed by atoms with E-state index in [1.54, 1.807) is 12.1 Å². The molecule has 2 saturated carbocycles. The molecule has 0 saturated heterocycles. The summed E-state index contributed by atoms with van der Waals surface area (Å²) in [6, 6.07) is 12.8. The minimum atomic E-state index is -1.30. The van der Waals surface area contributed by atoms with Gasteiger partial charge in [-0.25, -0.2) is 5.48 Å². The van der Waals surface area contributed by atoms with Crippen LogP contribution in [0.5, 0.6) is 0 Å². The molecule has 0 radical (unpaired) electrons. The maximum atomic E-state index is 12.3. The lowest BCUT2D eigenvalue weighted by Gasteiger charge is -2.22. The van der Waals surface area contributed by atoms with Gasteiger partial charge in [0.1, 0.15) is 6.04 Å². The number of anilines is 1. The topological polar surface area (TPSA) is 140 Å². The van der Waals surface area contributed by atoms with Crippen LogP contribution in [0.4, 0.5) is 5.69 Å². The molecule has 4 rings (SSSR count). The minimum Gasteiger partial charge on any atom is -0.391 e. The summed E-state index contributed by atoms with van der Waals surface area (Å²) in [6.45, 7) is 1.64. The molecule has 2 aliphatic rings. The smallest absolute Gasteiger partial charge is 0.268 e. The molecule has 6 N–H and O–H groups in total. The molecule has 2 aromatic rings. The van der Waals surface area contributed by atoms with Crippen molar-refractivity contribution in [2.75, 3.05) is 11.9 Å². The third-order valence-corrected chi connectivity index (χ3v) is 7.22. The van der Waals surface area contributed by atoms with E-state index in [1.807, 2.05) is 24.3 Å². The van der Waals surface area contributed by atoms with Crippen LogP contribution < -0.4 is 21.4 Å². The molecule has 2 aromatic carbocycles. The molecule has 202 valence electrons. The lowest BCUT2D eigenvalue weighted by molar-refractivity contribution is -0.133. The van der Waals surface area contributed by atoms with Gasteiger partial charge in [0, 0.05) is 28.4 Å². The van der Waals surface area contributed by atoms with Gasteiger partial charge in [-0.15, -0.1) is 0 Å². The number of aliphatic hydroxyl groups excluding tert-OH is 1. The fourth-order valence-electron chi connectivity index (χ4n) is 5.17. The van der Waals surface area contributed by atoms with E-state index in [0.29, 0.717) is 23.8 Å². The van der Waals surface area contributed by atoms with Crippen molar-refractivity contribution in [1.82, 2.24) is 16.1 Å². The van der Waals surface area contributed by atoms with Crippen LogP contribution in [0.2, 0.25) is 0 Å². The first-order valence-corrected chi connectivity index (χ1v) is 13.0. The largest absolute Gasteiger partial charge is 0.391 e. The lowest BCUT2D eigenvalue weighted by atomic mass is 9.95. The molecule has 0 unspecified atom stereocenters. The Labute approximate surface area is 227 Å². The predicted molar refractivity (Wildman–Crippen MR) is 145 cm³/mol. The summed E-state index contributed by atoms with van der Waals surface area (Å²) in [6.07, 6.45) is 3.92. The first-order chi connectivity index (χ1) is 18.8. The molecule has 2 fully saturated rings. The summed E-state index contributed by atoms with van der Waals surface area (Å²) in [5.74, 6) is 11.4. The highest BCUT2D eigenvalue weighted by molar-refractivity contribution is 5.97. The fraction of sp³-hybridized carbons (Fsp3) is 0.367. The van der Waals surface area contributed by atoms with Crippen molar-refractivity contribution in [3.8, 4) is 23.7 Å². The molecule has 2 bridgehead atoms. The van der Waals surface area contributed by atoms with E-state index in [0.717, 1.165) is 17.4 Å². The van der Waals surface area contributed by atoms with Crippen molar-refractivity contribution >= 4 is 23.4 Å². The van der Waals surface area contributed by atoms with E-state index in [2.05, 4.69) is 39.6 Å². The molecule has 2 aliphatic carbocycles. The van der Waals surface area contributed by atoms with Gasteiger partial charge in [-0.3, -0.25) is 19.6 Å². The second-order valence-electron chi connectivity index (χ2n) is 10.0. The lowest BCUT2D eigenvalue weighted by Crippen LogP contribution is -2.51. The van der Waals surface area contributed by atoms with Gasteiger partial charge in [0.2, 0.25) is 5.91 Å². The van der Waals surface area contributed by atoms with E-state index in [9.17, 15) is 19.5 Å². The maximum absolute atomic E-state index is 12.3. The normalized spacial score (nSPS) is 20.4. The van der Waals surface area contributed by atoms with Crippen molar-refractivity contribution < 1.29 is 24.7 Å². The van der Waals surface area contributed by atoms with E-state index < -0.39 is 24.0 Å². The van der Waals surface area contributed by atoms with Crippen LogP contribution in [0.25, 0.3) is 0 Å².